The van der Waals surface area contributed by atoms with Gasteiger partial charge in [-0.1, -0.05) is 11.8 Å². The van der Waals surface area contributed by atoms with E-state index >= 15 is 0 Å². The second-order valence-corrected chi connectivity index (χ2v) is 3.58. The topological polar surface area (TPSA) is 77.8 Å². The van der Waals surface area contributed by atoms with Gasteiger partial charge in [0.15, 0.2) is 0 Å². The third-order valence-electron chi connectivity index (χ3n) is 1.93. The summed E-state index contributed by atoms with van der Waals surface area (Å²) in [6.07, 6.45) is 0.634. The van der Waals surface area contributed by atoms with Gasteiger partial charge < -0.3 is 15.3 Å². The lowest BCUT2D eigenvalue weighted by Crippen LogP contribution is -2.26. The van der Waals surface area contributed by atoms with Crippen LogP contribution in [-0.4, -0.2) is 33.8 Å². The smallest absolute Gasteiger partial charge is 0.150 e. The van der Waals surface area contributed by atoms with E-state index < -0.39 is 12.2 Å². The van der Waals surface area contributed by atoms with E-state index in [1.165, 1.54) is 25.1 Å². The molecule has 1 rings (SSSR count). The number of rotatable bonds is 2. The molecular weight excluding hydrogens is 208 g/mol. The van der Waals surface area contributed by atoms with Crippen LogP contribution in [0.4, 0.5) is 0 Å². The zero-order chi connectivity index (χ0) is 12.2. The molecule has 0 fully saturated rings. The minimum absolute atomic E-state index is 0.0770. The maximum Gasteiger partial charge on any atom is 0.150 e. The number of phenols is 1. The lowest BCUT2D eigenvalue weighted by Gasteiger charge is -2.10. The molecular formula is C12H12O4. The SMILES string of the molecule is CC(O)(C#Cc1cc(C=O)ccc1O)CO. The summed E-state index contributed by atoms with van der Waals surface area (Å²) in [5.41, 5.74) is -0.909. The third kappa shape index (κ3) is 3.09. The molecule has 0 saturated heterocycles. The van der Waals surface area contributed by atoms with Gasteiger partial charge in [0.05, 0.1) is 12.2 Å². The predicted octanol–water partition coefficient (Wildman–Crippen LogP) is 0.299. The molecule has 0 spiro atoms. The molecule has 0 aliphatic rings. The first-order valence-corrected chi connectivity index (χ1v) is 4.63. The molecule has 0 heterocycles. The number of aliphatic hydroxyl groups is 2. The molecule has 0 radical (unpaired) electrons. The number of carbonyl (C=O) groups is 1. The molecule has 1 unspecified atom stereocenters. The molecule has 1 atom stereocenters. The predicted molar refractivity (Wildman–Crippen MR) is 58.1 cm³/mol. The fourth-order valence-electron chi connectivity index (χ4n) is 0.969. The van der Waals surface area contributed by atoms with Crippen molar-refractivity contribution in [2.24, 2.45) is 0 Å². The molecule has 0 bridgehead atoms. The number of benzene rings is 1. The molecule has 0 saturated carbocycles. The maximum atomic E-state index is 10.5. The van der Waals surface area contributed by atoms with Crippen LogP contribution in [-0.2, 0) is 0 Å². The van der Waals surface area contributed by atoms with Crippen molar-refractivity contribution in [1.82, 2.24) is 0 Å². The first-order chi connectivity index (χ1) is 7.48. The van der Waals surface area contributed by atoms with E-state index in [-0.39, 0.29) is 11.3 Å². The Kier molecular flexibility index (Phi) is 3.67. The summed E-state index contributed by atoms with van der Waals surface area (Å²) in [7, 11) is 0. The number of hydrogen-bond acceptors (Lipinski definition) is 4. The van der Waals surface area contributed by atoms with Crippen molar-refractivity contribution >= 4 is 6.29 Å². The fraction of sp³-hybridized carbons (Fsp3) is 0.250. The highest BCUT2D eigenvalue weighted by molar-refractivity contribution is 5.76. The van der Waals surface area contributed by atoms with E-state index in [9.17, 15) is 15.0 Å². The summed E-state index contributed by atoms with van der Waals surface area (Å²) < 4.78 is 0. The van der Waals surface area contributed by atoms with Gasteiger partial charge in [-0.3, -0.25) is 4.79 Å². The molecule has 1 aromatic rings. The van der Waals surface area contributed by atoms with Crippen LogP contribution in [0.5, 0.6) is 5.75 Å². The fourth-order valence-corrected chi connectivity index (χ4v) is 0.969. The highest BCUT2D eigenvalue weighted by Crippen LogP contribution is 2.16. The highest BCUT2D eigenvalue weighted by Gasteiger charge is 2.14. The zero-order valence-corrected chi connectivity index (χ0v) is 8.77. The zero-order valence-electron chi connectivity index (χ0n) is 8.77. The van der Waals surface area contributed by atoms with Crippen molar-refractivity contribution in [3.05, 3.63) is 29.3 Å². The largest absolute Gasteiger partial charge is 0.507 e. The molecule has 16 heavy (non-hydrogen) atoms. The van der Waals surface area contributed by atoms with Gasteiger partial charge in [-0.15, -0.1) is 0 Å². The first-order valence-electron chi connectivity index (χ1n) is 4.63. The van der Waals surface area contributed by atoms with Crippen LogP contribution in [0, 0.1) is 11.8 Å². The van der Waals surface area contributed by atoms with E-state index in [2.05, 4.69) is 11.8 Å². The summed E-state index contributed by atoms with van der Waals surface area (Å²) in [4.78, 5) is 10.5. The van der Waals surface area contributed by atoms with Gasteiger partial charge >= 0.3 is 0 Å². The van der Waals surface area contributed by atoms with Gasteiger partial charge in [0.25, 0.3) is 0 Å². The lowest BCUT2D eigenvalue weighted by atomic mass is 10.1. The molecule has 0 aliphatic carbocycles. The van der Waals surface area contributed by atoms with Crippen LogP contribution < -0.4 is 0 Å². The maximum absolute atomic E-state index is 10.5. The lowest BCUT2D eigenvalue weighted by molar-refractivity contribution is 0.0519. The Hall–Kier alpha value is -1.83. The second-order valence-electron chi connectivity index (χ2n) is 3.58. The summed E-state index contributed by atoms with van der Waals surface area (Å²) in [6.45, 7) is 0.842. The van der Waals surface area contributed by atoms with Gasteiger partial charge in [0, 0.05) is 5.56 Å². The Balaban J connectivity index is 3.09. The summed E-state index contributed by atoms with van der Waals surface area (Å²) >= 11 is 0. The number of phenolic OH excluding ortho intramolecular Hbond substituents is 1. The third-order valence-corrected chi connectivity index (χ3v) is 1.93. The van der Waals surface area contributed by atoms with Crippen molar-refractivity contribution in [2.45, 2.75) is 12.5 Å². The summed E-state index contributed by atoms with van der Waals surface area (Å²) in [5, 5.41) is 27.6. The molecule has 4 heteroatoms. The average molecular weight is 220 g/mol. The van der Waals surface area contributed by atoms with Crippen molar-refractivity contribution in [3.63, 3.8) is 0 Å². The van der Waals surface area contributed by atoms with Crippen LogP contribution >= 0.6 is 0 Å². The van der Waals surface area contributed by atoms with Crippen molar-refractivity contribution in [2.75, 3.05) is 6.61 Å². The number of hydrogen-bond donors (Lipinski definition) is 3. The van der Waals surface area contributed by atoms with Gasteiger partial charge in [-0.25, -0.2) is 0 Å². The van der Waals surface area contributed by atoms with E-state index in [0.717, 1.165) is 0 Å². The molecule has 0 amide bonds. The van der Waals surface area contributed by atoms with Crippen molar-refractivity contribution < 1.29 is 20.1 Å². The molecule has 0 aromatic heterocycles. The van der Waals surface area contributed by atoms with Crippen LogP contribution in [0.1, 0.15) is 22.8 Å². The Morgan fingerprint density at radius 2 is 2.19 bits per heavy atom. The number of aldehydes is 1. The molecule has 4 nitrogen and oxygen atoms in total. The summed E-state index contributed by atoms with van der Waals surface area (Å²) in [6, 6.07) is 4.21. The minimum Gasteiger partial charge on any atom is -0.507 e. The van der Waals surface area contributed by atoms with Gasteiger partial charge in [0.2, 0.25) is 0 Å². The Morgan fingerprint density at radius 3 is 2.75 bits per heavy atom. The number of aliphatic hydroxyl groups excluding tert-OH is 1. The molecule has 84 valence electrons. The number of aromatic hydroxyl groups is 1. The molecule has 1 aromatic carbocycles. The monoisotopic (exact) mass is 220 g/mol. The van der Waals surface area contributed by atoms with Crippen LogP contribution in [0.3, 0.4) is 0 Å². The van der Waals surface area contributed by atoms with E-state index in [1.807, 2.05) is 0 Å². The normalized spacial score (nSPS) is 13.4. The first kappa shape index (κ1) is 12.2. The van der Waals surface area contributed by atoms with Crippen LogP contribution in [0.25, 0.3) is 0 Å². The quantitative estimate of drug-likeness (QED) is 0.495. The second kappa shape index (κ2) is 4.79. The van der Waals surface area contributed by atoms with Gasteiger partial charge in [-0.05, 0) is 25.1 Å². The molecule has 0 aliphatic heterocycles. The number of carbonyl (C=O) groups excluding carboxylic acids is 1. The van der Waals surface area contributed by atoms with Gasteiger partial charge in [0.1, 0.15) is 17.6 Å². The van der Waals surface area contributed by atoms with Crippen molar-refractivity contribution in [1.29, 1.82) is 0 Å². The van der Waals surface area contributed by atoms with Crippen LogP contribution in [0.2, 0.25) is 0 Å². The van der Waals surface area contributed by atoms with Gasteiger partial charge in [-0.2, -0.15) is 0 Å². The van der Waals surface area contributed by atoms with Crippen LogP contribution in [0.15, 0.2) is 18.2 Å². The Labute approximate surface area is 93.2 Å². The van der Waals surface area contributed by atoms with E-state index in [0.29, 0.717) is 11.8 Å². The van der Waals surface area contributed by atoms with E-state index in [1.54, 1.807) is 0 Å². The van der Waals surface area contributed by atoms with E-state index in [4.69, 9.17) is 5.11 Å². The average Bonchev–Trinajstić information content (AvgIpc) is 2.28. The highest BCUT2D eigenvalue weighted by atomic mass is 16.3. The summed E-state index contributed by atoms with van der Waals surface area (Å²) in [5.74, 6) is 4.83. The Morgan fingerprint density at radius 1 is 1.50 bits per heavy atom. The standard InChI is InChI=1S/C12H12O4/c1-12(16,8-14)5-4-10-6-9(7-13)2-3-11(10)15/h2-3,6-7,14-16H,8H2,1H3. The van der Waals surface area contributed by atoms with Crippen molar-refractivity contribution in [3.8, 4) is 17.6 Å². The Bertz CT molecular complexity index is 452. The minimum atomic E-state index is -1.52. The molecule has 3 N–H and O–H groups in total.